The Kier molecular flexibility index (Phi) is 3.17. The van der Waals surface area contributed by atoms with E-state index in [1.807, 2.05) is 4.31 Å². The van der Waals surface area contributed by atoms with Gasteiger partial charge in [0.05, 0.1) is 4.90 Å². The molecule has 0 radical (unpaired) electrons. The van der Waals surface area contributed by atoms with E-state index >= 15 is 0 Å². The highest BCUT2D eigenvalue weighted by Gasteiger charge is 2.40. The summed E-state index contributed by atoms with van der Waals surface area (Å²) < 4.78 is 40.8. The number of nitrogens with zero attached hydrogens (tertiary/aromatic N) is 1. The molecule has 2 heterocycles. The second kappa shape index (κ2) is 4.68. The minimum absolute atomic E-state index is 0.0789. The summed E-state index contributed by atoms with van der Waals surface area (Å²) in [5.74, 6) is -1.37. The van der Waals surface area contributed by atoms with Crippen molar-refractivity contribution in [3.05, 3.63) is 29.8 Å². The summed E-state index contributed by atoms with van der Waals surface area (Å²) in [4.78, 5) is 0.0789. The fourth-order valence-corrected chi connectivity index (χ4v) is 4.28. The van der Waals surface area contributed by atoms with E-state index in [0.29, 0.717) is 0 Å². The van der Waals surface area contributed by atoms with Gasteiger partial charge in [-0.1, -0.05) is 0 Å². The number of rotatable bonds is 2. The first-order valence-corrected chi connectivity index (χ1v) is 7.13. The minimum Gasteiger partial charge on any atom is -0.314 e. The van der Waals surface area contributed by atoms with E-state index in [1.54, 1.807) is 0 Å². The third kappa shape index (κ3) is 1.98. The summed E-state index contributed by atoms with van der Waals surface area (Å²) in [6.45, 7) is 1.57. The van der Waals surface area contributed by atoms with E-state index in [9.17, 15) is 13.0 Å². The molecule has 3 atom stereocenters. The Balaban J connectivity index is 1.90. The summed E-state index contributed by atoms with van der Waals surface area (Å²) in [6.07, 6.45) is 1.96. The average molecular weight is 272 g/mol. The third-order valence-electron chi connectivity index (χ3n) is 3.59. The van der Waals surface area contributed by atoms with Crippen LogP contribution in [0.4, 0.5) is 8.78 Å². The molecule has 0 aliphatic carbocycles. The topological polar surface area (TPSA) is 32.3 Å². The van der Waals surface area contributed by atoms with Gasteiger partial charge >= 0.3 is 0 Å². The Morgan fingerprint density at radius 1 is 1.22 bits per heavy atom. The van der Waals surface area contributed by atoms with Crippen LogP contribution in [0, 0.1) is 11.6 Å². The first-order valence-electron chi connectivity index (χ1n) is 6.03. The normalized spacial score (nSPS) is 29.4. The lowest BCUT2D eigenvalue weighted by atomic mass is 10.2. The van der Waals surface area contributed by atoms with E-state index in [-0.39, 0.29) is 17.0 Å². The zero-order chi connectivity index (χ0) is 12.7. The van der Waals surface area contributed by atoms with Crippen LogP contribution in [0.5, 0.6) is 0 Å². The van der Waals surface area contributed by atoms with Crippen molar-refractivity contribution in [2.75, 3.05) is 13.1 Å². The van der Waals surface area contributed by atoms with Gasteiger partial charge in [0, 0.05) is 31.2 Å². The number of benzene rings is 1. The maximum Gasteiger partial charge on any atom is 0.143 e. The first-order chi connectivity index (χ1) is 8.66. The molecule has 6 heteroatoms. The predicted octanol–water partition coefficient (Wildman–Crippen LogP) is 1.42. The van der Waals surface area contributed by atoms with E-state index < -0.39 is 22.6 Å². The zero-order valence-electron chi connectivity index (χ0n) is 9.73. The molecule has 98 valence electrons. The number of hydrogen-bond acceptors (Lipinski definition) is 2. The summed E-state index contributed by atoms with van der Waals surface area (Å²) in [6, 6.07) is 3.60. The molecule has 0 amide bonds. The van der Waals surface area contributed by atoms with Crippen molar-refractivity contribution in [3.63, 3.8) is 0 Å². The van der Waals surface area contributed by atoms with Gasteiger partial charge in [0.25, 0.3) is 0 Å². The maximum atomic E-state index is 13.7. The first kappa shape index (κ1) is 12.2. The number of piperazine rings is 1. The van der Waals surface area contributed by atoms with Crippen molar-refractivity contribution in [3.8, 4) is 0 Å². The van der Waals surface area contributed by atoms with Gasteiger partial charge in [-0.25, -0.2) is 17.3 Å². The maximum absolute atomic E-state index is 13.7. The van der Waals surface area contributed by atoms with Crippen molar-refractivity contribution < 1.29 is 13.0 Å². The van der Waals surface area contributed by atoms with Gasteiger partial charge in [-0.15, -0.1) is 0 Å². The lowest BCUT2D eigenvalue weighted by molar-refractivity contribution is 0.275. The molecule has 2 saturated heterocycles. The molecule has 2 bridgehead atoms. The lowest BCUT2D eigenvalue weighted by Gasteiger charge is -2.33. The molecule has 1 aromatic carbocycles. The van der Waals surface area contributed by atoms with Crippen LogP contribution in [-0.2, 0) is 11.0 Å². The van der Waals surface area contributed by atoms with Gasteiger partial charge in [-0.3, -0.25) is 0 Å². The van der Waals surface area contributed by atoms with Gasteiger partial charge in [0.15, 0.2) is 0 Å². The Morgan fingerprint density at radius 3 is 2.50 bits per heavy atom. The molecule has 0 saturated carbocycles. The van der Waals surface area contributed by atoms with Crippen molar-refractivity contribution >= 4 is 11.0 Å². The largest absolute Gasteiger partial charge is 0.314 e. The molecule has 3 nitrogen and oxygen atoms in total. The molecule has 3 rings (SSSR count). The molecule has 2 fully saturated rings. The van der Waals surface area contributed by atoms with Gasteiger partial charge in [0.1, 0.15) is 22.6 Å². The van der Waals surface area contributed by atoms with Crippen LogP contribution >= 0.6 is 0 Å². The summed E-state index contributed by atoms with van der Waals surface area (Å²) >= 11 is 0. The van der Waals surface area contributed by atoms with Crippen LogP contribution in [0.2, 0.25) is 0 Å². The molecule has 2 aliphatic heterocycles. The molecular formula is C12H14F2N2OS. The van der Waals surface area contributed by atoms with Crippen LogP contribution in [0.1, 0.15) is 12.8 Å². The van der Waals surface area contributed by atoms with Crippen molar-refractivity contribution in [2.24, 2.45) is 0 Å². The minimum atomic E-state index is -1.54. The van der Waals surface area contributed by atoms with Gasteiger partial charge in [-0.05, 0) is 25.0 Å². The Hall–Kier alpha value is -0.850. The standard InChI is InChI=1S/C12H14F2N2OS/c13-8-1-4-12(11(14)5-8)18(17)16-9-2-3-10(16)7-15-6-9/h1,4-5,9-10,15H,2-3,6-7H2. The fourth-order valence-electron chi connectivity index (χ4n) is 2.74. The van der Waals surface area contributed by atoms with Crippen LogP contribution in [-0.4, -0.2) is 33.7 Å². The van der Waals surface area contributed by atoms with E-state index in [1.165, 1.54) is 6.07 Å². The Labute approximate surface area is 107 Å². The second-order valence-electron chi connectivity index (χ2n) is 4.73. The number of fused-ring (bicyclic) bond motifs is 2. The van der Waals surface area contributed by atoms with Gasteiger partial charge < -0.3 is 5.32 Å². The summed E-state index contributed by atoms with van der Waals surface area (Å²) in [7, 11) is -1.54. The van der Waals surface area contributed by atoms with Crippen LogP contribution in [0.25, 0.3) is 0 Å². The van der Waals surface area contributed by atoms with Crippen molar-refractivity contribution in [1.29, 1.82) is 0 Å². The molecule has 18 heavy (non-hydrogen) atoms. The fraction of sp³-hybridized carbons (Fsp3) is 0.500. The Morgan fingerprint density at radius 2 is 1.89 bits per heavy atom. The second-order valence-corrected chi connectivity index (χ2v) is 6.09. The smallest absolute Gasteiger partial charge is 0.143 e. The summed E-state index contributed by atoms with van der Waals surface area (Å²) in [5, 5.41) is 3.28. The quantitative estimate of drug-likeness (QED) is 0.883. The number of nitrogens with one attached hydrogen (secondary N) is 1. The zero-order valence-corrected chi connectivity index (χ0v) is 10.6. The number of halogens is 2. The third-order valence-corrected chi connectivity index (χ3v) is 5.27. The SMILES string of the molecule is O=S(c1ccc(F)cc1F)N1C2CCC1CNC2. The van der Waals surface area contributed by atoms with Gasteiger partial charge in [-0.2, -0.15) is 0 Å². The predicted molar refractivity (Wildman–Crippen MR) is 64.3 cm³/mol. The molecule has 0 spiro atoms. The van der Waals surface area contributed by atoms with E-state index in [0.717, 1.165) is 38.1 Å². The average Bonchev–Trinajstić information content (AvgIpc) is 2.58. The molecule has 3 unspecified atom stereocenters. The highest BCUT2D eigenvalue weighted by Crippen LogP contribution is 2.31. The molecule has 1 N–H and O–H groups in total. The highest BCUT2D eigenvalue weighted by atomic mass is 32.2. The van der Waals surface area contributed by atoms with Crippen LogP contribution in [0.15, 0.2) is 23.1 Å². The van der Waals surface area contributed by atoms with E-state index in [2.05, 4.69) is 5.32 Å². The molecule has 2 aliphatic rings. The van der Waals surface area contributed by atoms with Crippen molar-refractivity contribution in [1.82, 2.24) is 9.62 Å². The number of hydrogen-bond donors (Lipinski definition) is 1. The van der Waals surface area contributed by atoms with Crippen LogP contribution < -0.4 is 5.32 Å². The van der Waals surface area contributed by atoms with E-state index in [4.69, 9.17) is 0 Å². The Bertz CT molecular complexity index is 481. The van der Waals surface area contributed by atoms with Gasteiger partial charge in [0.2, 0.25) is 0 Å². The molecular weight excluding hydrogens is 258 g/mol. The highest BCUT2D eigenvalue weighted by molar-refractivity contribution is 7.82. The van der Waals surface area contributed by atoms with Crippen molar-refractivity contribution in [2.45, 2.75) is 29.8 Å². The molecule has 0 aromatic heterocycles. The monoisotopic (exact) mass is 272 g/mol. The summed E-state index contributed by atoms with van der Waals surface area (Å²) in [5.41, 5.74) is 0. The lowest BCUT2D eigenvalue weighted by Crippen LogP contribution is -2.52. The molecule has 1 aromatic rings. The van der Waals surface area contributed by atoms with Crippen LogP contribution in [0.3, 0.4) is 0 Å².